The topological polar surface area (TPSA) is 87.5 Å². The van der Waals surface area contributed by atoms with Crippen LogP contribution >= 0.6 is 0 Å². The van der Waals surface area contributed by atoms with Crippen molar-refractivity contribution in [2.75, 3.05) is 32.7 Å². The molecule has 0 aliphatic rings. The molecule has 0 saturated carbocycles. The molecule has 0 aromatic rings. The van der Waals surface area contributed by atoms with Gasteiger partial charge in [-0.25, -0.2) is 0 Å². The fourth-order valence-electron chi connectivity index (χ4n) is 7.50. The molecule has 310 valence electrons. The van der Waals surface area contributed by atoms with Crippen molar-refractivity contribution in [3.63, 3.8) is 0 Å². The number of carbonyl (C=O) groups is 2. The van der Waals surface area contributed by atoms with Gasteiger partial charge in [0.1, 0.15) is 0 Å². The quantitative estimate of drug-likeness (QED) is 0.0543. The van der Waals surface area contributed by atoms with Crippen LogP contribution in [0.5, 0.6) is 0 Å². The third-order valence-electron chi connectivity index (χ3n) is 11.0. The molecule has 0 aliphatic carbocycles. The summed E-state index contributed by atoms with van der Waals surface area (Å²) in [5, 5.41) is 6.01. The third kappa shape index (κ3) is 37.3. The van der Waals surface area contributed by atoms with Gasteiger partial charge in [-0.05, 0) is 51.9 Å². The van der Waals surface area contributed by atoms with Crippen LogP contribution in [0.25, 0.3) is 0 Å². The molecular formula is C46H94N4O2. The Kier molecular flexibility index (Phi) is 42.0. The molecule has 2 amide bonds. The van der Waals surface area contributed by atoms with Gasteiger partial charge < -0.3 is 11.1 Å². The molecule has 0 heterocycles. The Morgan fingerprint density at radius 1 is 0.462 bits per heavy atom. The fourth-order valence-corrected chi connectivity index (χ4v) is 7.50. The van der Waals surface area contributed by atoms with Crippen molar-refractivity contribution in [1.29, 1.82) is 0 Å². The summed E-state index contributed by atoms with van der Waals surface area (Å²) in [6.45, 7) is 10.2. The number of imide groups is 1. The second-order valence-electron chi connectivity index (χ2n) is 16.2. The van der Waals surface area contributed by atoms with Gasteiger partial charge in [-0.15, -0.1) is 0 Å². The Hall–Kier alpha value is -0.980. The fraction of sp³-hybridized carbons (Fsp3) is 0.957. The van der Waals surface area contributed by atoms with Crippen LogP contribution in [0.2, 0.25) is 0 Å². The maximum atomic E-state index is 13.0. The van der Waals surface area contributed by atoms with Gasteiger partial charge in [0.2, 0.25) is 11.8 Å². The van der Waals surface area contributed by atoms with Crippen LogP contribution in [0.3, 0.4) is 0 Å². The van der Waals surface area contributed by atoms with Crippen LogP contribution in [-0.4, -0.2) is 55.5 Å². The van der Waals surface area contributed by atoms with Gasteiger partial charge in [-0.2, -0.15) is 0 Å². The molecule has 0 aromatic heterocycles. The van der Waals surface area contributed by atoms with E-state index in [1.54, 1.807) is 0 Å². The molecule has 6 heteroatoms. The van der Waals surface area contributed by atoms with E-state index in [1.807, 2.05) is 0 Å². The zero-order chi connectivity index (χ0) is 38.0. The molecule has 4 N–H and O–H groups in total. The molecule has 0 bridgehead atoms. The summed E-state index contributed by atoms with van der Waals surface area (Å²) in [5.41, 5.74) is 5.64. The number of nitrogens with two attached hydrogens (primary N) is 1. The highest BCUT2D eigenvalue weighted by molar-refractivity contribution is 5.98. The largest absolute Gasteiger partial charge is 0.330 e. The van der Waals surface area contributed by atoms with Crippen molar-refractivity contribution >= 4 is 11.8 Å². The highest BCUT2D eigenvalue weighted by Crippen LogP contribution is 2.16. The van der Waals surface area contributed by atoms with Crippen molar-refractivity contribution < 1.29 is 9.59 Å². The van der Waals surface area contributed by atoms with E-state index in [0.29, 0.717) is 19.6 Å². The minimum Gasteiger partial charge on any atom is -0.330 e. The second kappa shape index (κ2) is 42.8. The lowest BCUT2D eigenvalue weighted by atomic mass is 10.0. The van der Waals surface area contributed by atoms with Crippen LogP contribution in [-0.2, 0) is 9.59 Å². The maximum absolute atomic E-state index is 13.0. The minimum atomic E-state index is -0.324. The Balaban J connectivity index is 4.29. The molecule has 0 fully saturated rings. The number of unbranched alkanes of at least 4 members (excludes halogenated alkanes) is 30. The molecule has 6 nitrogen and oxygen atoms in total. The van der Waals surface area contributed by atoms with Crippen molar-refractivity contribution in [3.8, 4) is 0 Å². The molecule has 0 spiro atoms. The first kappa shape index (κ1) is 51.0. The number of amides is 2. The Bertz CT molecular complexity index is 697. The zero-order valence-electron chi connectivity index (χ0n) is 35.7. The predicted octanol–water partition coefficient (Wildman–Crippen LogP) is 12.6. The Morgan fingerprint density at radius 2 is 0.788 bits per heavy atom. The molecular weight excluding hydrogens is 641 g/mol. The number of hydrogen-bond acceptors (Lipinski definition) is 5. The smallest absolute Gasteiger partial charge is 0.243 e. The first-order chi connectivity index (χ1) is 25.6. The molecule has 0 aromatic carbocycles. The highest BCUT2D eigenvalue weighted by Gasteiger charge is 2.20. The Labute approximate surface area is 326 Å². The van der Waals surface area contributed by atoms with Crippen LogP contribution in [0.4, 0.5) is 0 Å². The summed E-state index contributed by atoms with van der Waals surface area (Å²) in [5.74, 6) is -0.339. The number of hydrogen-bond donors (Lipinski definition) is 3. The monoisotopic (exact) mass is 735 g/mol. The highest BCUT2D eigenvalue weighted by atomic mass is 16.2. The lowest BCUT2D eigenvalue weighted by Gasteiger charge is -2.23. The maximum Gasteiger partial charge on any atom is 0.243 e. The van der Waals surface area contributed by atoms with Gasteiger partial charge in [0.05, 0.1) is 12.6 Å². The zero-order valence-corrected chi connectivity index (χ0v) is 35.7. The van der Waals surface area contributed by atoms with Crippen LogP contribution in [0.15, 0.2) is 0 Å². The summed E-state index contributed by atoms with van der Waals surface area (Å²) in [6, 6.07) is -0.324. The van der Waals surface area contributed by atoms with Gasteiger partial charge in [-0.3, -0.25) is 19.8 Å². The van der Waals surface area contributed by atoms with Gasteiger partial charge in [0, 0.05) is 0 Å². The summed E-state index contributed by atoms with van der Waals surface area (Å²) >= 11 is 0. The van der Waals surface area contributed by atoms with E-state index in [0.717, 1.165) is 45.2 Å². The van der Waals surface area contributed by atoms with Gasteiger partial charge >= 0.3 is 0 Å². The van der Waals surface area contributed by atoms with E-state index >= 15 is 0 Å². The van der Waals surface area contributed by atoms with Crippen molar-refractivity contribution in [1.82, 2.24) is 15.5 Å². The van der Waals surface area contributed by atoms with E-state index in [2.05, 4.69) is 36.3 Å². The molecule has 52 heavy (non-hydrogen) atoms. The lowest BCUT2D eigenvalue weighted by molar-refractivity contribution is -0.132. The summed E-state index contributed by atoms with van der Waals surface area (Å²) in [4.78, 5) is 28.2. The first-order valence-electron chi connectivity index (χ1n) is 23.6. The van der Waals surface area contributed by atoms with Crippen molar-refractivity contribution in [2.24, 2.45) is 5.73 Å². The van der Waals surface area contributed by atoms with Crippen LogP contribution in [0.1, 0.15) is 245 Å². The molecule has 0 rings (SSSR count). The van der Waals surface area contributed by atoms with E-state index in [9.17, 15) is 9.59 Å². The number of rotatable bonds is 43. The summed E-state index contributed by atoms with van der Waals surface area (Å²) < 4.78 is 0. The van der Waals surface area contributed by atoms with Crippen molar-refractivity contribution in [2.45, 2.75) is 252 Å². The predicted molar refractivity (Wildman–Crippen MR) is 229 cm³/mol. The second-order valence-corrected chi connectivity index (χ2v) is 16.2. The molecule has 0 saturated heterocycles. The van der Waals surface area contributed by atoms with Gasteiger partial charge in [-0.1, -0.05) is 220 Å². The average molecular weight is 735 g/mol. The van der Waals surface area contributed by atoms with E-state index < -0.39 is 0 Å². The van der Waals surface area contributed by atoms with Gasteiger partial charge in [0.25, 0.3) is 0 Å². The summed E-state index contributed by atoms with van der Waals surface area (Å²) in [6.07, 6.45) is 46.3. The molecule has 1 atom stereocenters. The van der Waals surface area contributed by atoms with Crippen molar-refractivity contribution in [3.05, 3.63) is 0 Å². The number of carbonyl (C=O) groups excluding carboxylic acids is 2. The lowest BCUT2D eigenvalue weighted by Crippen LogP contribution is -2.49. The van der Waals surface area contributed by atoms with Gasteiger partial charge in [0.15, 0.2) is 0 Å². The van der Waals surface area contributed by atoms with Crippen LogP contribution in [0, 0.1) is 0 Å². The number of nitrogens with zero attached hydrogens (tertiary/aromatic N) is 1. The SMILES string of the molecule is CCCCCCCCCCCCCCCCCCN(CCCCCCCCCCCCCCCCCC)CC(=O)NC(=O)C(CCC)NCCCN. The Morgan fingerprint density at radius 3 is 1.10 bits per heavy atom. The van der Waals surface area contributed by atoms with E-state index in [1.165, 1.54) is 193 Å². The first-order valence-corrected chi connectivity index (χ1v) is 23.6. The molecule has 1 unspecified atom stereocenters. The molecule has 0 aliphatic heterocycles. The minimum absolute atomic E-state index is 0.153. The molecule has 0 radical (unpaired) electrons. The third-order valence-corrected chi connectivity index (χ3v) is 11.0. The number of nitrogens with one attached hydrogen (secondary N) is 2. The normalized spacial score (nSPS) is 12.2. The van der Waals surface area contributed by atoms with Crippen LogP contribution < -0.4 is 16.4 Å². The van der Waals surface area contributed by atoms with E-state index in [-0.39, 0.29) is 17.9 Å². The summed E-state index contributed by atoms with van der Waals surface area (Å²) in [7, 11) is 0. The van der Waals surface area contributed by atoms with E-state index in [4.69, 9.17) is 5.73 Å². The average Bonchev–Trinajstić information content (AvgIpc) is 3.13. The standard InChI is InChI=1S/C46H94N4O2/c1-4-7-9-11-13-15-17-19-21-23-25-27-29-31-33-35-41-50(43-45(51)49-46(52)44(38-6-3)48-40-37-39-47)42-36-34-32-30-28-26-24-22-20-18-16-14-12-10-8-5-2/h44,48H,4-43,47H2,1-3H3,(H,49,51,52).